The van der Waals surface area contributed by atoms with E-state index in [0.717, 1.165) is 44.7 Å². The van der Waals surface area contributed by atoms with Crippen LogP contribution in [0.5, 0.6) is 5.75 Å². The van der Waals surface area contributed by atoms with Crippen molar-refractivity contribution >= 4 is 15.9 Å². The van der Waals surface area contributed by atoms with E-state index in [2.05, 4.69) is 43.3 Å². The summed E-state index contributed by atoms with van der Waals surface area (Å²) in [5, 5.41) is 0. The summed E-state index contributed by atoms with van der Waals surface area (Å²) in [6, 6.07) is 27.3. The number of hydrogen-bond acceptors (Lipinski definition) is 4. The molecule has 1 atom stereocenters. The molecule has 1 amide bonds. The molecule has 0 aliphatic carbocycles. The van der Waals surface area contributed by atoms with Gasteiger partial charge in [-0.1, -0.05) is 83.9 Å². The van der Waals surface area contributed by atoms with Gasteiger partial charge in [-0.15, -0.1) is 0 Å². The number of amides is 1. The largest absolute Gasteiger partial charge is 0.488 e. The van der Waals surface area contributed by atoms with Crippen molar-refractivity contribution in [1.82, 2.24) is 9.21 Å². The summed E-state index contributed by atoms with van der Waals surface area (Å²) in [6.07, 6.45) is 0.495. The molecule has 4 aromatic rings. The van der Waals surface area contributed by atoms with Gasteiger partial charge in [0.25, 0.3) is 0 Å². The monoisotopic (exact) mass is 610 g/mol. The summed E-state index contributed by atoms with van der Waals surface area (Å²) in [7, 11) is -3.80. The van der Waals surface area contributed by atoms with Gasteiger partial charge in [0, 0.05) is 26.2 Å². The average Bonchev–Trinajstić information content (AvgIpc) is 3.21. The van der Waals surface area contributed by atoms with Crippen LogP contribution in [0.15, 0.2) is 89.8 Å². The van der Waals surface area contributed by atoms with Crippen molar-refractivity contribution in [3.63, 3.8) is 0 Å². The summed E-state index contributed by atoms with van der Waals surface area (Å²) in [4.78, 5) is 16.2. The molecule has 1 heterocycles. The fourth-order valence-corrected chi connectivity index (χ4v) is 7.44. The van der Waals surface area contributed by atoms with Crippen molar-refractivity contribution in [3.8, 4) is 5.75 Å². The van der Waals surface area contributed by atoms with Gasteiger partial charge >= 0.3 is 0 Å². The Morgan fingerprint density at radius 2 is 1.43 bits per heavy atom. The van der Waals surface area contributed by atoms with E-state index in [1.165, 1.54) is 9.87 Å². The highest BCUT2D eigenvalue weighted by atomic mass is 32.2. The second-order valence-corrected chi connectivity index (χ2v) is 13.9. The van der Waals surface area contributed by atoms with Crippen LogP contribution in [0, 0.1) is 33.6 Å². The molecule has 0 radical (unpaired) electrons. The first-order chi connectivity index (χ1) is 21.0. The Labute approximate surface area is 262 Å². The number of nitrogens with zero attached hydrogens (tertiary/aromatic N) is 2. The van der Waals surface area contributed by atoms with Gasteiger partial charge in [-0.05, 0) is 86.6 Å². The third kappa shape index (κ3) is 7.06. The van der Waals surface area contributed by atoms with Gasteiger partial charge in [0.2, 0.25) is 15.9 Å². The van der Waals surface area contributed by atoms with E-state index >= 15 is 0 Å². The Kier molecular flexibility index (Phi) is 9.56. The third-order valence-corrected chi connectivity index (χ3v) is 10.3. The Morgan fingerprint density at radius 3 is 2.05 bits per heavy atom. The van der Waals surface area contributed by atoms with Crippen molar-refractivity contribution < 1.29 is 17.9 Å². The van der Waals surface area contributed by atoms with Crippen molar-refractivity contribution in [1.29, 1.82) is 0 Å². The number of fused-ring (bicyclic) bond motifs is 1. The lowest BCUT2D eigenvalue weighted by Gasteiger charge is -2.29. The number of ether oxygens (including phenoxy) is 1. The maximum Gasteiger partial charge on any atom is 0.243 e. The summed E-state index contributed by atoms with van der Waals surface area (Å²) in [5.41, 5.74) is 8.35. The van der Waals surface area contributed by atoms with Gasteiger partial charge in [0.15, 0.2) is 0 Å². The molecule has 0 N–H and O–H groups in total. The molecule has 0 fully saturated rings. The molecular weight excluding hydrogens is 568 g/mol. The third-order valence-electron chi connectivity index (χ3n) is 8.45. The number of hydrogen-bond donors (Lipinski definition) is 0. The van der Waals surface area contributed by atoms with Crippen molar-refractivity contribution in [2.45, 2.75) is 65.6 Å². The molecule has 0 saturated carbocycles. The number of aryl methyl sites for hydroxylation is 4. The lowest BCUT2D eigenvalue weighted by Crippen LogP contribution is -2.42. The quantitative estimate of drug-likeness (QED) is 0.207. The first-order valence-corrected chi connectivity index (χ1v) is 16.7. The minimum atomic E-state index is -3.80. The average molecular weight is 611 g/mol. The molecule has 0 aromatic heterocycles. The van der Waals surface area contributed by atoms with Crippen LogP contribution in [0.1, 0.15) is 51.4 Å². The molecule has 0 saturated heterocycles. The van der Waals surface area contributed by atoms with Crippen molar-refractivity contribution in [2.24, 2.45) is 5.92 Å². The molecule has 1 aliphatic heterocycles. The van der Waals surface area contributed by atoms with E-state index in [0.29, 0.717) is 26.1 Å². The van der Waals surface area contributed by atoms with E-state index in [4.69, 9.17) is 4.74 Å². The van der Waals surface area contributed by atoms with Crippen LogP contribution in [-0.2, 0) is 40.9 Å². The Hall–Kier alpha value is -3.94. The van der Waals surface area contributed by atoms with Crippen LogP contribution in [0.3, 0.4) is 0 Å². The molecule has 0 bridgehead atoms. The molecule has 1 aliphatic rings. The molecule has 230 valence electrons. The highest BCUT2D eigenvalue weighted by Crippen LogP contribution is 2.30. The molecule has 5 rings (SSSR count). The minimum Gasteiger partial charge on any atom is -0.488 e. The molecule has 7 heteroatoms. The first kappa shape index (κ1) is 31.5. The van der Waals surface area contributed by atoms with Crippen molar-refractivity contribution in [2.75, 3.05) is 13.1 Å². The summed E-state index contributed by atoms with van der Waals surface area (Å²) >= 11 is 0. The number of carbonyl (C=O) groups excluding carboxylic acids is 1. The van der Waals surface area contributed by atoms with Crippen LogP contribution in [-0.4, -0.2) is 36.6 Å². The fraction of sp³-hybridized carbons (Fsp3) is 0.324. The highest BCUT2D eigenvalue weighted by molar-refractivity contribution is 7.89. The number of rotatable bonds is 9. The van der Waals surface area contributed by atoms with E-state index in [1.54, 1.807) is 12.1 Å². The number of carbonyl (C=O) groups is 1. The van der Waals surface area contributed by atoms with Crippen LogP contribution < -0.4 is 4.74 Å². The van der Waals surface area contributed by atoms with Gasteiger partial charge in [0.05, 0.1) is 10.8 Å². The highest BCUT2D eigenvalue weighted by Gasteiger charge is 2.35. The topological polar surface area (TPSA) is 66.9 Å². The summed E-state index contributed by atoms with van der Waals surface area (Å²) in [5.74, 6) is 0.322. The SMILES string of the molecule is CCN(Cc1cc(C)c(OCc2ccc(C)cc2)c(C)c1)C(=O)C1Cc2ccccc2CN(S(=O)(=O)c2ccc(C)cc2)C1. The van der Waals surface area contributed by atoms with Gasteiger partial charge in [0.1, 0.15) is 12.4 Å². The molecular formula is C37H42N2O4S. The van der Waals surface area contributed by atoms with Gasteiger partial charge in [-0.3, -0.25) is 4.79 Å². The first-order valence-electron chi connectivity index (χ1n) is 15.3. The Balaban J connectivity index is 1.36. The molecule has 1 unspecified atom stereocenters. The van der Waals surface area contributed by atoms with E-state index in [9.17, 15) is 13.2 Å². The van der Waals surface area contributed by atoms with Crippen LogP contribution in [0.4, 0.5) is 0 Å². The standard InChI is InChI=1S/C37H42N2O4S/c1-6-38(22-31-19-28(4)36(29(5)20-31)43-25-30-15-11-26(2)12-16-30)37(40)34-21-32-9-7-8-10-33(32)23-39(24-34)44(41,42)35-17-13-27(3)14-18-35/h7-20,34H,6,21-25H2,1-5H3. The maximum atomic E-state index is 14.1. The van der Waals surface area contributed by atoms with Crippen LogP contribution in [0.2, 0.25) is 0 Å². The lowest BCUT2D eigenvalue weighted by atomic mass is 9.96. The lowest BCUT2D eigenvalue weighted by molar-refractivity contribution is -0.136. The van der Waals surface area contributed by atoms with E-state index in [1.807, 2.05) is 69.0 Å². The molecule has 4 aromatic carbocycles. The van der Waals surface area contributed by atoms with Crippen LogP contribution >= 0.6 is 0 Å². The summed E-state index contributed by atoms with van der Waals surface area (Å²) < 4.78 is 35.3. The predicted octanol–water partition coefficient (Wildman–Crippen LogP) is 6.91. The van der Waals surface area contributed by atoms with E-state index in [-0.39, 0.29) is 23.9 Å². The normalized spacial score (nSPS) is 15.3. The molecule has 44 heavy (non-hydrogen) atoms. The van der Waals surface area contributed by atoms with E-state index < -0.39 is 15.9 Å². The van der Waals surface area contributed by atoms with Crippen molar-refractivity contribution in [3.05, 3.63) is 129 Å². The summed E-state index contributed by atoms with van der Waals surface area (Å²) in [6.45, 7) is 11.9. The zero-order chi connectivity index (χ0) is 31.4. The molecule has 6 nitrogen and oxygen atoms in total. The number of sulfonamides is 1. The van der Waals surface area contributed by atoms with Gasteiger partial charge < -0.3 is 9.64 Å². The predicted molar refractivity (Wildman–Crippen MR) is 175 cm³/mol. The minimum absolute atomic E-state index is 0.0386. The second kappa shape index (κ2) is 13.4. The fourth-order valence-electron chi connectivity index (χ4n) is 5.97. The second-order valence-electron chi connectivity index (χ2n) is 12.0. The zero-order valence-electron chi connectivity index (χ0n) is 26.3. The van der Waals surface area contributed by atoms with Gasteiger partial charge in [-0.25, -0.2) is 8.42 Å². The smallest absolute Gasteiger partial charge is 0.243 e. The zero-order valence-corrected chi connectivity index (χ0v) is 27.2. The Morgan fingerprint density at radius 1 is 0.841 bits per heavy atom. The van der Waals surface area contributed by atoms with Gasteiger partial charge in [-0.2, -0.15) is 4.31 Å². The molecule has 0 spiro atoms. The van der Waals surface area contributed by atoms with Crippen LogP contribution in [0.25, 0.3) is 0 Å². The maximum absolute atomic E-state index is 14.1. The Bertz CT molecular complexity index is 1710. The number of benzene rings is 4.